The lowest BCUT2D eigenvalue weighted by Gasteiger charge is -2.44. The highest BCUT2D eigenvalue weighted by atomic mass is 15.4. The van der Waals surface area contributed by atoms with Gasteiger partial charge in [-0.05, 0) is 52.0 Å². The highest BCUT2D eigenvalue weighted by Gasteiger charge is 2.31. The SMILES string of the molecule is Cc1nnc2ccc(N3CC(N(C)CCN4CCCC4)C3)nn12. The smallest absolute Gasteiger partial charge is 0.178 e. The molecule has 2 aliphatic rings. The highest BCUT2D eigenvalue weighted by Crippen LogP contribution is 2.21. The van der Waals surface area contributed by atoms with Crippen LogP contribution in [0.15, 0.2) is 12.1 Å². The van der Waals surface area contributed by atoms with Crippen molar-refractivity contribution >= 4 is 11.5 Å². The van der Waals surface area contributed by atoms with Gasteiger partial charge in [0, 0.05) is 32.2 Å². The fraction of sp³-hybridized carbons (Fsp3) is 0.688. The van der Waals surface area contributed by atoms with Crippen LogP contribution in [-0.2, 0) is 0 Å². The molecule has 4 heterocycles. The predicted molar refractivity (Wildman–Crippen MR) is 89.8 cm³/mol. The molecule has 0 aliphatic carbocycles. The van der Waals surface area contributed by atoms with Gasteiger partial charge in [0.1, 0.15) is 5.82 Å². The summed E-state index contributed by atoms with van der Waals surface area (Å²) in [5.41, 5.74) is 0.811. The van der Waals surface area contributed by atoms with Crippen molar-refractivity contribution in [2.45, 2.75) is 25.8 Å². The molecule has 2 saturated heterocycles. The number of likely N-dealkylation sites (tertiary alicyclic amines) is 1. The fourth-order valence-corrected chi connectivity index (χ4v) is 3.46. The summed E-state index contributed by atoms with van der Waals surface area (Å²) in [6, 6.07) is 4.67. The van der Waals surface area contributed by atoms with Crippen LogP contribution in [0.2, 0.25) is 0 Å². The molecule has 4 rings (SSSR count). The Morgan fingerprint density at radius 2 is 1.96 bits per heavy atom. The molecule has 2 aromatic rings. The molecule has 0 unspecified atom stereocenters. The fourth-order valence-electron chi connectivity index (χ4n) is 3.46. The van der Waals surface area contributed by atoms with Gasteiger partial charge in [0.2, 0.25) is 0 Å². The molecule has 2 aromatic heterocycles. The summed E-state index contributed by atoms with van der Waals surface area (Å²) in [5.74, 6) is 1.85. The van der Waals surface area contributed by atoms with Crippen LogP contribution in [0, 0.1) is 6.92 Å². The maximum atomic E-state index is 4.65. The first-order valence-electron chi connectivity index (χ1n) is 8.57. The lowest BCUT2D eigenvalue weighted by Crippen LogP contribution is -2.59. The Kier molecular flexibility index (Phi) is 3.90. The maximum Gasteiger partial charge on any atom is 0.178 e. The van der Waals surface area contributed by atoms with Crippen LogP contribution in [0.3, 0.4) is 0 Å². The van der Waals surface area contributed by atoms with Crippen LogP contribution in [0.25, 0.3) is 5.65 Å². The molecule has 0 aromatic carbocycles. The van der Waals surface area contributed by atoms with Gasteiger partial charge in [-0.15, -0.1) is 15.3 Å². The summed E-state index contributed by atoms with van der Waals surface area (Å²) in [7, 11) is 2.25. The van der Waals surface area contributed by atoms with Crippen molar-refractivity contribution in [1.82, 2.24) is 29.6 Å². The molecule has 2 aliphatic heterocycles. The Bertz CT molecular complexity index is 670. The van der Waals surface area contributed by atoms with Gasteiger partial charge in [0.25, 0.3) is 0 Å². The van der Waals surface area contributed by atoms with Crippen LogP contribution in [0.5, 0.6) is 0 Å². The van der Waals surface area contributed by atoms with E-state index in [4.69, 9.17) is 0 Å². The first-order chi connectivity index (χ1) is 11.2. The van der Waals surface area contributed by atoms with E-state index in [1.807, 2.05) is 23.6 Å². The third kappa shape index (κ3) is 2.90. The Morgan fingerprint density at radius 3 is 2.74 bits per heavy atom. The Labute approximate surface area is 136 Å². The van der Waals surface area contributed by atoms with E-state index in [-0.39, 0.29) is 0 Å². The van der Waals surface area contributed by atoms with Crippen molar-refractivity contribution in [3.05, 3.63) is 18.0 Å². The minimum absolute atomic E-state index is 0.636. The molecule has 7 nitrogen and oxygen atoms in total. The molecule has 0 saturated carbocycles. The molecule has 0 radical (unpaired) electrons. The second-order valence-corrected chi connectivity index (χ2v) is 6.80. The predicted octanol–water partition coefficient (Wildman–Crippen LogP) is 0.649. The van der Waals surface area contributed by atoms with E-state index in [2.05, 4.69) is 37.0 Å². The number of aryl methyl sites for hydroxylation is 1. The van der Waals surface area contributed by atoms with Gasteiger partial charge in [-0.1, -0.05) is 0 Å². The summed E-state index contributed by atoms with van der Waals surface area (Å²) in [4.78, 5) is 7.41. The number of hydrogen-bond acceptors (Lipinski definition) is 6. The van der Waals surface area contributed by atoms with Gasteiger partial charge in [0.15, 0.2) is 11.5 Å². The van der Waals surface area contributed by atoms with E-state index in [0.717, 1.165) is 36.9 Å². The number of fused-ring (bicyclic) bond motifs is 1. The summed E-state index contributed by atoms with van der Waals surface area (Å²) >= 11 is 0. The maximum absolute atomic E-state index is 4.65. The third-order valence-electron chi connectivity index (χ3n) is 5.18. The first kappa shape index (κ1) is 14.8. The molecule has 23 heavy (non-hydrogen) atoms. The molecule has 2 fully saturated rings. The number of nitrogens with zero attached hydrogens (tertiary/aromatic N) is 7. The van der Waals surface area contributed by atoms with Crippen molar-refractivity contribution in [3.8, 4) is 0 Å². The van der Waals surface area contributed by atoms with E-state index < -0.39 is 0 Å². The highest BCUT2D eigenvalue weighted by molar-refractivity contribution is 5.47. The summed E-state index contributed by atoms with van der Waals surface area (Å²) in [6.45, 7) is 8.97. The molecule has 0 bridgehead atoms. The quantitative estimate of drug-likeness (QED) is 0.807. The summed E-state index contributed by atoms with van der Waals surface area (Å²) in [5, 5.41) is 12.8. The zero-order valence-corrected chi connectivity index (χ0v) is 14.0. The number of aromatic nitrogens is 4. The Hall–Kier alpha value is -1.73. The van der Waals surface area contributed by atoms with Crippen LogP contribution >= 0.6 is 0 Å². The standard InChI is InChI=1S/C16H25N7/c1-13-17-18-15-5-6-16(19-23(13)15)22-11-14(12-22)20(2)9-10-21-7-3-4-8-21/h5-6,14H,3-4,7-12H2,1-2H3. The minimum Gasteiger partial charge on any atom is -0.352 e. The van der Waals surface area contributed by atoms with Crippen molar-refractivity contribution < 1.29 is 0 Å². The summed E-state index contributed by atoms with van der Waals surface area (Å²) < 4.78 is 1.82. The average Bonchev–Trinajstić information content (AvgIpc) is 3.14. The third-order valence-corrected chi connectivity index (χ3v) is 5.18. The normalized spacial score (nSPS) is 19.9. The monoisotopic (exact) mass is 315 g/mol. The van der Waals surface area contributed by atoms with Gasteiger partial charge in [-0.2, -0.15) is 4.52 Å². The zero-order chi connectivity index (χ0) is 15.8. The molecule has 0 spiro atoms. The van der Waals surface area contributed by atoms with E-state index in [9.17, 15) is 0 Å². The van der Waals surface area contributed by atoms with Crippen molar-refractivity contribution in [1.29, 1.82) is 0 Å². The second-order valence-electron chi connectivity index (χ2n) is 6.80. The average molecular weight is 315 g/mol. The van der Waals surface area contributed by atoms with E-state index in [0.29, 0.717) is 6.04 Å². The van der Waals surface area contributed by atoms with E-state index >= 15 is 0 Å². The van der Waals surface area contributed by atoms with Gasteiger partial charge in [-0.25, -0.2) is 0 Å². The van der Waals surface area contributed by atoms with Gasteiger partial charge in [-0.3, -0.25) is 4.90 Å². The van der Waals surface area contributed by atoms with Crippen molar-refractivity contribution in [3.63, 3.8) is 0 Å². The molecule has 124 valence electrons. The number of likely N-dealkylation sites (N-methyl/N-ethyl adjacent to an activating group) is 1. The lowest BCUT2D eigenvalue weighted by molar-refractivity contribution is 0.179. The molecule has 0 atom stereocenters. The van der Waals surface area contributed by atoms with Gasteiger partial charge >= 0.3 is 0 Å². The molecule has 0 N–H and O–H groups in total. The Morgan fingerprint density at radius 1 is 1.17 bits per heavy atom. The van der Waals surface area contributed by atoms with E-state index in [1.54, 1.807) is 0 Å². The van der Waals surface area contributed by atoms with Gasteiger partial charge in [0.05, 0.1) is 0 Å². The van der Waals surface area contributed by atoms with Crippen LogP contribution in [0.4, 0.5) is 5.82 Å². The summed E-state index contributed by atoms with van der Waals surface area (Å²) in [6.07, 6.45) is 2.75. The lowest BCUT2D eigenvalue weighted by atomic mass is 10.1. The molecular formula is C16H25N7. The van der Waals surface area contributed by atoms with Crippen molar-refractivity contribution in [2.24, 2.45) is 0 Å². The topological polar surface area (TPSA) is 52.8 Å². The van der Waals surface area contributed by atoms with E-state index in [1.165, 1.54) is 32.5 Å². The first-order valence-corrected chi connectivity index (χ1v) is 8.57. The largest absolute Gasteiger partial charge is 0.352 e. The zero-order valence-electron chi connectivity index (χ0n) is 14.0. The molecule has 7 heteroatoms. The minimum atomic E-state index is 0.636. The van der Waals surface area contributed by atoms with Crippen LogP contribution in [0.1, 0.15) is 18.7 Å². The molecular weight excluding hydrogens is 290 g/mol. The number of hydrogen-bond donors (Lipinski definition) is 0. The second kappa shape index (κ2) is 6.05. The molecule has 0 amide bonds. The van der Waals surface area contributed by atoms with Crippen LogP contribution < -0.4 is 4.90 Å². The Balaban J connectivity index is 1.31. The number of anilines is 1. The van der Waals surface area contributed by atoms with Crippen molar-refractivity contribution in [2.75, 3.05) is 51.2 Å². The number of rotatable bonds is 5. The van der Waals surface area contributed by atoms with Crippen LogP contribution in [-0.4, -0.2) is 82.0 Å². The van der Waals surface area contributed by atoms with Gasteiger partial charge < -0.3 is 9.80 Å².